The van der Waals surface area contributed by atoms with Gasteiger partial charge in [0.15, 0.2) is 0 Å². The maximum absolute atomic E-state index is 4.24. The average Bonchev–Trinajstić information content (AvgIpc) is 3.01. The van der Waals surface area contributed by atoms with Crippen LogP contribution in [-0.4, -0.2) is 16.5 Å². The van der Waals surface area contributed by atoms with E-state index >= 15 is 0 Å². The van der Waals surface area contributed by atoms with Crippen LogP contribution in [0.4, 0.5) is 0 Å². The third-order valence-corrected chi connectivity index (χ3v) is 3.52. The molecule has 1 saturated carbocycles. The molecular formula is C12H19N3. The van der Waals surface area contributed by atoms with Crippen molar-refractivity contribution in [1.82, 2.24) is 15.3 Å². The van der Waals surface area contributed by atoms with Crippen molar-refractivity contribution in [2.45, 2.75) is 33.2 Å². The molecule has 0 unspecified atom stereocenters. The van der Waals surface area contributed by atoms with E-state index in [1.807, 2.05) is 6.20 Å². The first-order valence-electron chi connectivity index (χ1n) is 5.68. The van der Waals surface area contributed by atoms with Crippen LogP contribution in [0.15, 0.2) is 18.6 Å². The van der Waals surface area contributed by atoms with Crippen molar-refractivity contribution in [2.24, 2.45) is 11.3 Å². The summed E-state index contributed by atoms with van der Waals surface area (Å²) in [5.74, 6) is 0.784. The number of hydrogen-bond acceptors (Lipinski definition) is 3. The standard InChI is InChI=1S/C12H19N3/c1-10(2)12(3-4-12)9-14-8-11-7-13-5-6-15-11/h5-7,10,14H,3-4,8-9H2,1-2H3. The minimum absolute atomic E-state index is 0.572. The highest BCUT2D eigenvalue weighted by Gasteiger charge is 2.44. The minimum atomic E-state index is 0.572. The Morgan fingerprint density at radius 1 is 1.40 bits per heavy atom. The third-order valence-electron chi connectivity index (χ3n) is 3.52. The van der Waals surface area contributed by atoms with Crippen molar-refractivity contribution in [3.05, 3.63) is 24.3 Å². The summed E-state index contributed by atoms with van der Waals surface area (Å²) in [5.41, 5.74) is 1.60. The Morgan fingerprint density at radius 3 is 2.73 bits per heavy atom. The zero-order valence-electron chi connectivity index (χ0n) is 9.53. The molecule has 15 heavy (non-hydrogen) atoms. The van der Waals surface area contributed by atoms with E-state index in [9.17, 15) is 0 Å². The van der Waals surface area contributed by atoms with Gasteiger partial charge < -0.3 is 5.32 Å². The van der Waals surface area contributed by atoms with E-state index in [-0.39, 0.29) is 0 Å². The van der Waals surface area contributed by atoms with E-state index in [0.717, 1.165) is 24.7 Å². The Balaban J connectivity index is 1.76. The number of nitrogens with one attached hydrogen (secondary N) is 1. The predicted molar refractivity (Wildman–Crippen MR) is 60.2 cm³/mol. The highest BCUT2D eigenvalue weighted by atomic mass is 14.9. The molecule has 0 atom stereocenters. The van der Waals surface area contributed by atoms with Crippen LogP contribution in [0.2, 0.25) is 0 Å². The Hall–Kier alpha value is -0.960. The summed E-state index contributed by atoms with van der Waals surface area (Å²) in [6, 6.07) is 0. The molecule has 1 aromatic rings. The van der Waals surface area contributed by atoms with E-state index in [1.165, 1.54) is 12.8 Å². The number of nitrogens with zero attached hydrogens (tertiary/aromatic N) is 2. The highest BCUT2D eigenvalue weighted by molar-refractivity contribution is 4.99. The zero-order valence-corrected chi connectivity index (χ0v) is 9.53. The summed E-state index contributed by atoms with van der Waals surface area (Å²) in [5, 5.41) is 3.48. The Morgan fingerprint density at radius 2 is 2.20 bits per heavy atom. The molecule has 0 bridgehead atoms. The van der Waals surface area contributed by atoms with Crippen LogP contribution in [0.3, 0.4) is 0 Å². The summed E-state index contributed by atoms with van der Waals surface area (Å²) in [6.45, 7) is 6.58. The lowest BCUT2D eigenvalue weighted by Gasteiger charge is -2.19. The van der Waals surface area contributed by atoms with Gasteiger partial charge in [-0.15, -0.1) is 0 Å². The fraction of sp³-hybridized carbons (Fsp3) is 0.667. The van der Waals surface area contributed by atoms with Gasteiger partial charge in [0.2, 0.25) is 0 Å². The van der Waals surface area contributed by atoms with Gasteiger partial charge in [-0.2, -0.15) is 0 Å². The minimum Gasteiger partial charge on any atom is -0.311 e. The van der Waals surface area contributed by atoms with Gasteiger partial charge in [0.05, 0.1) is 5.69 Å². The predicted octanol–water partition coefficient (Wildman–Crippen LogP) is 2.00. The molecule has 0 saturated heterocycles. The number of aromatic nitrogens is 2. The first kappa shape index (κ1) is 10.6. The lowest BCUT2D eigenvalue weighted by molar-refractivity contribution is 0.337. The summed E-state index contributed by atoms with van der Waals surface area (Å²) >= 11 is 0. The molecule has 2 rings (SSSR count). The van der Waals surface area contributed by atoms with Crippen molar-refractivity contribution in [2.75, 3.05) is 6.54 Å². The Labute approximate surface area is 91.3 Å². The third kappa shape index (κ3) is 2.53. The van der Waals surface area contributed by atoms with Crippen molar-refractivity contribution in [3.8, 4) is 0 Å². The first-order valence-corrected chi connectivity index (χ1v) is 5.68. The van der Waals surface area contributed by atoms with Crippen LogP contribution in [0.5, 0.6) is 0 Å². The normalized spacial score (nSPS) is 18.1. The molecule has 1 aromatic heterocycles. The fourth-order valence-electron chi connectivity index (χ4n) is 1.98. The summed E-state index contributed by atoms with van der Waals surface area (Å²) in [4.78, 5) is 8.29. The van der Waals surface area contributed by atoms with Gasteiger partial charge in [-0.05, 0) is 24.2 Å². The molecule has 0 aromatic carbocycles. The van der Waals surface area contributed by atoms with E-state index in [0.29, 0.717) is 5.41 Å². The molecule has 1 aliphatic rings. The van der Waals surface area contributed by atoms with Crippen LogP contribution < -0.4 is 5.32 Å². The van der Waals surface area contributed by atoms with Gasteiger partial charge in [0.25, 0.3) is 0 Å². The smallest absolute Gasteiger partial charge is 0.0724 e. The number of rotatable bonds is 5. The quantitative estimate of drug-likeness (QED) is 0.799. The van der Waals surface area contributed by atoms with Gasteiger partial charge in [0.1, 0.15) is 0 Å². The van der Waals surface area contributed by atoms with Crippen LogP contribution in [-0.2, 0) is 6.54 Å². The van der Waals surface area contributed by atoms with Gasteiger partial charge in [0, 0.05) is 31.7 Å². The van der Waals surface area contributed by atoms with Crippen molar-refractivity contribution < 1.29 is 0 Å². The molecule has 82 valence electrons. The van der Waals surface area contributed by atoms with E-state index < -0.39 is 0 Å². The first-order chi connectivity index (χ1) is 7.23. The molecule has 1 N–H and O–H groups in total. The second-order valence-electron chi connectivity index (χ2n) is 4.82. The molecule has 0 radical (unpaired) electrons. The van der Waals surface area contributed by atoms with E-state index in [2.05, 4.69) is 29.1 Å². The Bertz CT molecular complexity index is 304. The van der Waals surface area contributed by atoms with Crippen LogP contribution in [0, 0.1) is 11.3 Å². The zero-order chi connectivity index (χ0) is 10.7. The van der Waals surface area contributed by atoms with Gasteiger partial charge in [-0.25, -0.2) is 0 Å². The average molecular weight is 205 g/mol. The summed E-state index contributed by atoms with van der Waals surface area (Å²) in [7, 11) is 0. The van der Waals surface area contributed by atoms with Crippen molar-refractivity contribution in [1.29, 1.82) is 0 Å². The SMILES string of the molecule is CC(C)C1(CNCc2cnccn2)CC1. The van der Waals surface area contributed by atoms with Crippen LogP contribution in [0.25, 0.3) is 0 Å². The monoisotopic (exact) mass is 205 g/mol. The lowest BCUT2D eigenvalue weighted by Crippen LogP contribution is -2.27. The highest BCUT2D eigenvalue weighted by Crippen LogP contribution is 2.51. The lowest BCUT2D eigenvalue weighted by atomic mass is 9.92. The number of hydrogen-bond donors (Lipinski definition) is 1. The maximum atomic E-state index is 4.24. The van der Waals surface area contributed by atoms with Crippen LogP contribution in [0.1, 0.15) is 32.4 Å². The fourth-order valence-corrected chi connectivity index (χ4v) is 1.98. The molecule has 1 fully saturated rings. The molecule has 1 heterocycles. The van der Waals surface area contributed by atoms with Crippen molar-refractivity contribution >= 4 is 0 Å². The van der Waals surface area contributed by atoms with E-state index in [1.54, 1.807) is 12.4 Å². The van der Waals surface area contributed by atoms with Gasteiger partial charge in [-0.3, -0.25) is 9.97 Å². The largest absolute Gasteiger partial charge is 0.311 e. The van der Waals surface area contributed by atoms with Gasteiger partial charge in [-0.1, -0.05) is 13.8 Å². The molecule has 3 nitrogen and oxygen atoms in total. The molecular weight excluding hydrogens is 186 g/mol. The molecule has 3 heteroatoms. The molecule has 0 aliphatic heterocycles. The van der Waals surface area contributed by atoms with E-state index in [4.69, 9.17) is 0 Å². The molecule has 1 aliphatic carbocycles. The summed E-state index contributed by atoms with van der Waals surface area (Å²) in [6.07, 6.45) is 8.02. The van der Waals surface area contributed by atoms with Gasteiger partial charge >= 0.3 is 0 Å². The van der Waals surface area contributed by atoms with Crippen molar-refractivity contribution in [3.63, 3.8) is 0 Å². The molecule has 0 spiro atoms. The molecule has 0 amide bonds. The van der Waals surface area contributed by atoms with Crippen LogP contribution >= 0.6 is 0 Å². The summed E-state index contributed by atoms with van der Waals surface area (Å²) < 4.78 is 0. The maximum Gasteiger partial charge on any atom is 0.0724 e. The topological polar surface area (TPSA) is 37.8 Å². The second-order valence-corrected chi connectivity index (χ2v) is 4.82. The second kappa shape index (κ2) is 4.27. The Kier molecular flexibility index (Phi) is 3.00.